The minimum atomic E-state index is 0.247. The first kappa shape index (κ1) is 13.2. The second-order valence-corrected chi connectivity index (χ2v) is 6.50. The molecule has 0 aromatic heterocycles. The number of alkyl halides is 1. The van der Waals surface area contributed by atoms with Crippen LogP contribution in [0, 0.1) is 0 Å². The van der Waals surface area contributed by atoms with Crippen LogP contribution in [0.4, 0.5) is 0 Å². The number of benzene rings is 2. The fraction of sp³-hybridized carbons (Fsp3) is 0.294. The van der Waals surface area contributed by atoms with Gasteiger partial charge in [0.05, 0.1) is 4.83 Å². The molecule has 3 rings (SSSR count). The summed E-state index contributed by atoms with van der Waals surface area (Å²) in [7, 11) is 0. The van der Waals surface area contributed by atoms with Gasteiger partial charge in [-0.05, 0) is 60.1 Å². The molecule has 0 N–H and O–H groups in total. The topological polar surface area (TPSA) is 0 Å². The molecule has 1 atom stereocenters. The molecule has 0 fully saturated rings. The number of aryl methyl sites for hydroxylation is 2. The minimum Gasteiger partial charge on any atom is -0.0843 e. The van der Waals surface area contributed by atoms with E-state index in [0.29, 0.717) is 0 Å². The Morgan fingerprint density at radius 1 is 0.842 bits per heavy atom. The van der Waals surface area contributed by atoms with Crippen molar-refractivity contribution in [3.63, 3.8) is 0 Å². The Morgan fingerprint density at radius 3 is 2.21 bits per heavy atom. The Balaban J connectivity index is 1.91. The summed E-state index contributed by atoms with van der Waals surface area (Å²) in [5.41, 5.74) is 5.65. The lowest BCUT2D eigenvalue weighted by Crippen LogP contribution is -2.04. The van der Waals surface area contributed by atoms with Crippen molar-refractivity contribution in [2.24, 2.45) is 0 Å². The van der Waals surface area contributed by atoms with Crippen LogP contribution in [0.15, 0.2) is 42.5 Å². The van der Waals surface area contributed by atoms with Crippen LogP contribution in [-0.2, 0) is 12.8 Å². The van der Waals surface area contributed by atoms with Crippen LogP contribution >= 0.6 is 27.5 Å². The summed E-state index contributed by atoms with van der Waals surface area (Å²) in [6.07, 6.45) is 5.12. The van der Waals surface area contributed by atoms with Gasteiger partial charge in [0.15, 0.2) is 0 Å². The summed E-state index contributed by atoms with van der Waals surface area (Å²) in [5.74, 6) is 0. The molecule has 0 radical (unpaired) electrons. The SMILES string of the molecule is Clc1ccc(C(Br)c2ccc3c(c2)CCCC3)cc1. The van der Waals surface area contributed by atoms with Crippen molar-refractivity contribution in [3.05, 3.63) is 69.7 Å². The molecule has 98 valence electrons. The van der Waals surface area contributed by atoms with Crippen LogP contribution in [0.1, 0.15) is 39.9 Å². The lowest BCUT2D eigenvalue weighted by molar-refractivity contribution is 0.684. The normalized spacial score (nSPS) is 15.9. The van der Waals surface area contributed by atoms with Gasteiger partial charge in [-0.15, -0.1) is 0 Å². The van der Waals surface area contributed by atoms with Gasteiger partial charge in [0.25, 0.3) is 0 Å². The van der Waals surface area contributed by atoms with Crippen LogP contribution in [0.3, 0.4) is 0 Å². The quantitative estimate of drug-likeness (QED) is 0.617. The maximum Gasteiger partial charge on any atom is 0.0644 e. The molecule has 0 saturated heterocycles. The highest BCUT2D eigenvalue weighted by Gasteiger charge is 2.14. The van der Waals surface area contributed by atoms with Gasteiger partial charge in [0.1, 0.15) is 0 Å². The lowest BCUT2D eigenvalue weighted by atomic mass is 9.89. The zero-order valence-electron chi connectivity index (χ0n) is 10.7. The summed E-state index contributed by atoms with van der Waals surface area (Å²) < 4.78 is 0. The molecule has 19 heavy (non-hydrogen) atoms. The Morgan fingerprint density at radius 2 is 1.47 bits per heavy atom. The Labute approximate surface area is 127 Å². The van der Waals surface area contributed by atoms with Crippen molar-refractivity contribution in [2.75, 3.05) is 0 Å². The lowest BCUT2D eigenvalue weighted by Gasteiger charge is -2.18. The molecule has 0 heterocycles. The van der Waals surface area contributed by atoms with E-state index < -0.39 is 0 Å². The van der Waals surface area contributed by atoms with Crippen molar-refractivity contribution in [1.29, 1.82) is 0 Å². The van der Waals surface area contributed by atoms with E-state index in [0.717, 1.165) is 5.02 Å². The third-order valence-electron chi connectivity index (χ3n) is 3.83. The zero-order chi connectivity index (χ0) is 13.2. The molecule has 0 amide bonds. The maximum atomic E-state index is 5.94. The molecule has 0 saturated carbocycles. The van der Waals surface area contributed by atoms with E-state index in [-0.39, 0.29) is 4.83 Å². The first-order chi connectivity index (χ1) is 9.24. The molecule has 2 aromatic rings. The monoisotopic (exact) mass is 334 g/mol. The first-order valence-electron chi connectivity index (χ1n) is 6.75. The number of fused-ring (bicyclic) bond motifs is 1. The van der Waals surface area contributed by atoms with Gasteiger partial charge in [0.2, 0.25) is 0 Å². The van der Waals surface area contributed by atoms with Crippen LogP contribution in [0.25, 0.3) is 0 Å². The van der Waals surface area contributed by atoms with Crippen LogP contribution in [0.2, 0.25) is 5.02 Å². The summed E-state index contributed by atoms with van der Waals surface area (Å²) >= 11 is 9.75. The molecule has 0 nitrogen and oxygen atoms in total. The van der Waals surface area contributed by atoms with Crippen LogP contribution in [0.5, 0.6) is 0 Å². The van der Waals surface area contributed by atoms with Gasteiger partial charge < -0.3 is 0 Å². The third kappa shape index (κ3) is 2.88. The van der Waals surface area contributed by atoms with Crippen molar-refractivity contribution < 1.29 is 0 Å². The fourth-order valence-electron chi connectivity index (χ4n) is 2.74. The molecular weight excluding hydrogens is 320 g/mol. The fourth-order valence-corrected chi connectivity index (χ4v) is 3.45. The van der Waals surface area contributed by atoms with E-state index in [2.05, 4.69) is 46.3 Å². The number of hydrogen-bond acceptors (Lipinski definition) is 0. The standard InChI is InChI=1S/C17H16BrCl/c18-17(13-7-9-16(19)10-8-13)15-6-5-12-3-1-2-4-14(12)11-15/h5-11,17H,1-4H2. The maximum absolute atomic E-state index is 5.94. The minimum absolute atomic E-state index is 0.247. The average molecular weight is 336 g/mol. The Bertz CT molecular complexity index is 574. The van der Waals surface area contributed by atoms with Crippen molar-refractivity contribution in [2.45, 2.75) is 30.5 Å². The van der Waals surface area contributed by atoms with Gasteiger partial charge in [0, 0.05) is 5.02 Å². The van der Waals surface area contributed by atoms with Gasteiger partial charge in [-0.1, -0.05) is 57.9 Å². The van der Waals surface area contributed by atoms with Crippen molar-refractivity contribution in [1.82, 2.24) is 0 Å². The molecule has 1 unspecified atom stereocenters. The highest BCUT2D eigenvalue weighted by molar-refractivity contribution is 9.09. The summed E-state index contributed by atoms with van der Waals surface area (Å²) in [6.45, 7) is 0. The van der Waals surface area contributed by atoms with E-state index in [1.54, 1.807) is 0 Å². The largest absolute Gasteiger partial charge is 0.0843 e. The molecule has 2 aromatic carbocycles. The second kappa shape index (κ2) is 5.68. The number of hydrogen-bond donors (Lipinski definition) is 0. The smallest absolute Gasteiger partial charge is 0.0644 e. The van der Waals surface area contributed by atoms with E-state index in [1.165, 1.54) is 47.9 Å². The predicted molar refractivity (Wildman–Crippen MR) is 85.3 cm³/mol. The molecule has 1 aliphatic carbocycles. The van der Waals surface area contributed by atoms with E-state index >= 15 is 0 Å². The highest BCUT2D eigenvalue weighted by Crippen LogP contribution is 2.33. The predicted octanol–water partition coefficient (Wildman–Crippen LogP) is 5.70. The van der Waals surface area contributed by atoms with E-state index in [1.807, 2.05) is 12.1 Å². The van der Waals surface area contributed by atoms with Crippen molar-refractivity contribution in [3.8, 4) is 0 Å². The molecular formula is C17H16BrCl. The molecule has 0 spiro atoms. The van der Waals surface area contributed by atoms with Crippen molar-refractivity contribution >= 4 is 27.5 Å². The van der Waals surface area contributed by atoms with Crippen LogP contribution in [-0.4, -0.2) is 0 Å². The Kier molecular flexibility index (Phi) is 3.95. The molecule has 0 bridgehead atoms. The van der Waals surface area contributed by atoms with Gasteiger partial charge in [-0.25, -0.2) is 0 Å². The van der Waals surface area contributed by atoms with E-state index in [9.17, 15) is 0 Å². The number of halogens is 2. The molecule has 0 aliphatic heterocycles. The van der Waals surface area contributed by atoms with Gasteiger partial charge in [-0.3, -0.25) is 0 Å². The summed E-state index contributed by atoms with van der Waals surface area (Å²) in [4.78, 5) is 0.247. The average Bonchev–Trinajstić information content (AvgIpc) is 2.47. The summed E-state index contributed by atoms with van der Waals surface area (Å²) in [5, 5.41) is 0.786. The van der Waals surface area contributed by atoms with Gasteiger partial charge >= 0.3 is 0 Å². The second-order valence-electron chi connectivity index (χ2n) is 5.15. The van der Waals surface area contributed by atoms with E-state index in [4.69, 9.17) is 11.6 Å². The summed E-state index contributed by atoms with van der Waals surface area (Å²) in [6, 6.07) is 15.0. The Hall–Kier alpha value is -0.790. The number of rotatable bonds is 2. The third-order valence-corrected chi connectivity index (χ3v) is 5.14. The van der Waals surface area contributed by atoms with Crippen LogP contribution < -0.4 is 0 Å². The van der Waals surface area contributed by atoms with Gasteiger partial charge in [-0.2, -0.15) is 0 Å². The molecule has 2 heteroatoms. The first-order valence-corrected chi connectivity index (χ1v) is 8.04. The zero-order valence-corrected chi connectivity index (χ0v) is 13.0. The highest BCUT2D eigenvalue weighted by atomic mass is 79.9. The molecule has 1 aliphatic rings.